The highest BCUT2D eigenvalue weighted by Crippen LogP contribution is 2.26. The summed E-state index contributed by atoms with van der Waals surface area (Å²) in [4.78, 5) is 11.2. The molecule has 1 N–H and O–H groups in total. The lowest BCUT2D eigenvalue weighted by Crippen LogP contribution is -2.21. The minimum absolute atomic E-state index is 0.0577. The number of rotatable bonds is 3. The molecular weight excluding hydrogens is 200 g/mol. The van der Waals surface area contributed by atoms with Gasteiger partial charge in [0.05, 0.1) is 5.60 Å². The Morgan fingerprint density at radius 3 is 2.12 bits per heavy atom. The second-order valence-electron chi connectivity index (χ2n) is 4.59. The van der Waals surface area contributed by atoms with Gasteiger partial charge >= 0.3 is 0 Å². The molecule has 0 spiro atoms. The molecule has 0 aromatic heterocycles. The fraction of sp³-hybridized carbons (Fsp3) is 0.357. The lowest BCUT2D eigenvalue weighted by molar-refractivity contribution is -0.112. The summed E-state index contributed by atoms with van der Waals surface area (Å²) in [5.74, 6) is -0.0577. The molecule has 86 valence electrons. The van der Waals surface area contributed by atoms with Crippen molar-refractivity contribution in [3.8, 4) is 0 Å². The van der Waals surface area contributed by atoms with Crippen molar-refractivity contribution in [2.75, 3.05) is 0 Å². The minimum Gasteiger partial charge on any atom is -0.386 e. The normalized spacial score (nSPS) is 12.7. The molecule has 0 aliphatic rings. The average Bonchev–Trinajstić information content (AvgIpc) is 2.14. The average molecular weight is 218 g/mol. The van der Waals surface area contributed by atoms with Crippen molar-refractivity contribution >= 4 is 11.4 Å². The number of carbonyl (C=O) groups is 1. The predicted molar refractivity (Wildman–Crippen MR) is 66.1 cm³/mol. The molecule has 0 atom stereocenters. The van der Waals surface area contributed by atoms with Crippen LogP contribution in [0.5, 0.6) is 0 Å². The molecule has 0 aliphatic heterocycles. The molecule has 0 saturated heterocycles. The summed E-state index contributed by atoms with van der Waals surface area (Å²) >= 11 is 0. The molecule has 0 amide bonds. The van der Waals surface area contributed by atoms with E-state index in [2.05, 4.69) is 0 Å². The molecular formula is C14H18O2. The summed E-state index contributed by atoms with van der Waals surface area (Å²) in [5, 5.41) is 10.0. The molecule has 2 heteroatoms. The fourth-order valence-electron chi connectivity index (χ4n) is 1.55. The van der Waals surface area contributed by atoms with E-state index in [0.717, 1.165) is 11.1 Å². The SMILES string of the molecule is CC(=O)/C=C(/c1ccc(C)cc1)C(C)(C)O. The second kappa shape index (κ2) is 4.62. The van der Waals surface area contributed by atoms with Crippen LogP contribution in [-0.4, -0.2) is 16.5 Å². The highest BCUT2D eigenvalue weighted by Gasteiger charge is 2.21. The Kier molecular flexibility index (Phi) is 3.66. The van der Waals surface area contributed by atoms with E-state index in [1.165, 1.54) is 13.0 Å². The molecule has 0 heterocycles. The summed E-state index contributed by atoms with van der Waals surface area (Å²) in [7, 11) is 0. The number of hydrogen-bond acceptors (Lipinski definition) is 2. The maximum atomic E-state index is 11.2. The maximum Gasteiger partial charge on any atom is 0.153 e. The number of aryl methyl sites for hydroxylation is 1. The Morgan fingerprint density at radius 2 is 1.75 bits per heavy atom. The van der Waals surface area contributed by atoms with Crippen molar-refractivity contribution in [3.63, 3.8) is 0 Å². The van der Waals surface area contributed by atoms with E-state index >= 15 is 0 Å². The van der Waals surface area contributed by atoms with Gasteiger partial charge in [-0.3, -0.25) is 4.79 Å². The first kappa shape index (κ1) is 12.7. The zero-order valence-electron chi connectivity index (χ0n) is 10.2. The Morgan fingerprint density at radius 1 is 1.25 bits per heavy atom. The second-order valence-corrected chi connectivity index (χ2v) is 4.59. The maximum absolute atomic E-state index is 11.2. The molecule has 0 radical (unpaired) electrons. The first-order chi connectivity index (χ1) is 7.30. The van der Waals surface area contributed by atoms with E-state index in [1.54, 1.807) is 13.8 Å². The third-order valence-electron chi connectivity index (χ3n) is 2.37. The van der Waals surface area contributed by atoms with Gasteiger partial charge in [-0.2, -0.15) is 0 Å². The molecule has 0 bridgehead atoms. The quantitative estimate of drug-likeness (QED) is 0.792. The van der Waals surface area contributed by atoms with Crippen LogP contribution in [0.3, 0.4) is 0 Å². The number of benzene rings is 1. The number of allylic oxidation sites excluding steroid dienone is 1. The molecule has 0 unspecified atom stereocenters. The van der Waals surface area contributed by atoms with Gasteiger partial charge in [0.1, 0.15) is 0 Å². The Bertz CT molecular complexity index is 405. The highest BCUT2D eigenvalue weighted by atomic mass is 16.3. The Hall–Kier alpha value is -1.41. The lowest BCUT2D eigenvalue weighted by Gasteiger charge is -2.22. The number of ketones is 1. The van der Waals surface area contributed by atoms with Gasteiger partial charge in [-0.1, -0.05) is 29.8 Å². The number of carbonyl (C=O) groups excluding carboxylic acids is 1. The molecule has 0 fully saturated rings. The molecule has 0 aliphatic carbocycles. The van der Waals surface area contributed by atoms with Crippen LogP contribution in [-0.2, 0) is 4.79 Å². The summed E-state index contributed by atoms with van der Waals surface area (Å²) in [6.45, 7) is 6.85. The van der Waals surface area contributed by atoms with E-state index in [4.69, 9.17) is 0 Å². The van der Waals surface area contributed by atoms with E-state index in [9.17, 15) is 9.90 Å². The molecule has 2 nitrogen and oxygen atoms in total. The van der Waals surface area contributed by atoms with Crippen molar-refractivity contribution in [2.45, 2.75) is 33.3 Å². The Labute approximate surface area is 96.6 Å². The monoisotopic (exact) mass is 218 g/mol. The molecule has 1 rings (SSSR count). The van der Waals surface area contributed by atoms with Gasteiger partial charge in [-0.25, -0.2) is 0 Å². The molecule has 16 heavy (non-hydrogen) atoms. The van der Waals surface area contributed by atoms with Crippen molar-refractivity contribution in [1.29, 1.82) is 0 Å². The summed E-state index contributed by atoms with van der Waals surface area (Å²) in [5.41, 5.74) is 1.68. The van der Waals surface area contributed by atoms with Crippen LogP contribution >= 0.6 is 0 Å². The highest BCUT2D eigenvalue weighted by molar-refractivity contribution is 5.96. The third kappa shape index (κ3) is 3.31. The minimum atomic E-state index is -1.01. The zero-order chi connectivity index (χ0) is 12.3. The van der Waals surface area contributed by atoms with Crippen molar-refractivity contribution in [2.24, 2.45) is 0 Å². The molecule has 1 aromatic carbocycles. The van der Waals surface area contributed by atoms with Crippen molar-refractivity contribution in [3.05, 3.63) is 41.5 Å². The topological polar surface area (TPSA) is 37.3 Å². The largest absolute Gasteiger partial charge is 0.386 e. The predicted octanol–water partition coefficient (Wildman–Crippen LogP) is 2.74. The van der Waals surface area contributed by atoms with Crippen LogP contribution in [0.1, 0.15) is 31.9 Å². The summed E-state index contributed by atoms with van der Waals surface area (Å²) in [6, 6.07) is 7.77. The third-order valence-corrected chi connectivity index (χ3v) is 2.37. The van der Waals surface area contributed by atoms with Crippen LogP contribution in [0.2, 0.25) is 0 Å². The fourth-order valence-corrected chi connectivity index (χ4v) is 1.55. The van der Waals surface area contributed by atoms with Gasteiger partial charge in [-0.05, 0) is 44.9 Å². The lowest BCUT2D eigenvalue weighted by atomic mass is 9.90. The Balaban J connectivity index is 3.23. The first-order valence-electron chi connectivity index (χ1n) is 5.33. The van der Waals surface area contributed by atoms with Gasteiger partial charge < -0.3 is 5.11 Å². The first-order valence-corrected chi connectivity index (χ1v) is 5.33. The van der Waals surface area contributed by atoms with Gasteiger partial charge in [0.25, 0.3) is 0 Å². The van der Waals surface area contributed by atoms with Crippen LogP contribution < -0.4 is 0 Å². The van der Waals surface area contributed by atoms with Gasteiger partial charge in [-0.15, -0.1) is 0 Å². The number of hydrogen-bond donors (Lipinski definition) is 1. The standard InChI is InChI=1S/C14H18O2/c1-10-5-7-12(8-6-10)13(9-11(2)15)14(3,4)16/h5-9,16H,1-4H3/b13-9-. The van der Waals surface area contributed by atoms with E-state index in [-0.39, 0.29) is 5.78 Å². The van der Waals surface area contributed by atoms with E-state index in [1.807, 2.05) is 31.2 Å². The molecule has 0 saturated carbocycles. The smallest absolute Gasteiger partial charge is 0.153 e. The van der Waals surface area contributed by atoms with Crippen LogP contribution in [0, 0.1) is 6.92 Å². The van der Waals surface area contributed by atoms with Gasteiger partial charge in [0, 0.05) is 0 Å². The number of aliphatic hydroxyl groups is 1. The van der Waals surface area contributed by atoms with Gasteiger partial charge in [0.2, 0.25) is 0 Å². The van der Waals surface area contributed by atoms with Crippen molar-refractivity contribution < 1.29 is 9.90 Å². The zero-order valence-corrected chi connectivity index (χ0v) is 10.2. The van der Waals surface area contributed by atoms with Crippen LogP contribution in [0.15, 0.2) is 30.3 Å². The van der Waals surface area contributed by atoms with Gasteiger partial charge in [0.15, 0.2) is 5.78 Å². The molecule has 1 aromatic rings. The summed E-state index contributed by atoms with van der Waals surface area (Å²) < 4.78 is 0. The van der Waals surface area contributed by atoms with E-state index in [0.29, 0.717) is 5.57 Å². The summed E-state index contributed by atoms with van der Waals surface area (Å²) in [6.07, 6.45) is 1.49. The van der Waals surface area contributed by atoms with E-state index < -0.39 is 5.60 Å². The van der Waals surface area contributed by atoms with Crippen molar-refractivity contribution in [1.82, 2.24) is 0 Å². The van der Waals surface area contributed by atoms with Crippen LogP contribution in [0.4, 0.5) is 0 Å². The van der Waals surface area contributed by atoms with Crippen LogP contribution in [0.25, 0.3) is 5.57 Å².